The van der Waals surface area contributed by atoms with Crippen molar-refractivity contribution >= 4 is 8.07 Å². The lowest BCUT2D eigenvalue weighted by atomic mass is 10.1. The maximum absolute atomic E-state index is 2.51. The Morgan fingerprint density at radius 3 is 0.522 bits per heavy atom. The molecule has 0 amide bonds. The minimum absolute atomic E-state index is 1.09. The smallest absolute Gasteiger partial charge is 0.0535 e. The number of hydrogen-bond acceptors (Lipinski definition) is 0. The van der Waals surface area contributed by atoms with E-state index in [4.69, 9.17) is 0 Å². The van der Waals surface area contributed by atoms with Crippen LogP contribution in [0.2, 0.25) is 24.2 Å². The van der Waals surface area contributed by atoms with E-state index in [0.29, 0.717) is 0 Å². The summed E-state index contributed by atoms with van der Waals surface area (Å²) in [6.07, 6.45) is 55.1. The number of hydrogen-bond donors (Lipinski definition) is 0. The Hall–Kier alpha value is 0.217. The summed E-state index contributed by atoms with van der Waals surface area (Å²) in [5.74, 6) is 0. The van der Waals surface area contributed by atoms with Crippen LogP contribution in [0.25, 0.3) is 0 Å². The molecule has 0 aliphatic heterocycles. The molecule has 278 valence electrons. The predicted octanol–water partition coefficient (Wildman–Crippen LogP) is 17.9. The molecule has 0 radical (unpaired) electrons. The zero-order valence-corrected chi connectivity index (χ0v) is 34.5. The topological polar surface area (TPSA) is 0 Å². The van der Waals surface area contributed by atoms with Gasteiger partial charge in [-0.05, 0) is 0 Å². The molecule has 0 atom stereocenters. The minimum atomic E-state index is -1.09. The molecule has 0 nitrogen and oxygen atoms in total. The summed E-state index contributed by atoms with van der Waals surface area (Å²) in [5.41, 5.74) is 0. The molecular formula is C45H94Si. The largest absolute Gasteiger partial charge is 0.0657 e. The Bertz CT molecular complexity index is 458. The first-order chi connectivity index (χ1) is 22.7. The summed E-state index contributed by atoms with van der Waals surface area (Å²) < 4.78 is 0. The average Bonchev–Trinajstić information content (AvgIpc) is 3.06. The maximum Gasteiger partial charge on any atom is 0.0535 e. The summed E-state index contributed by atoms with van der Waals surface area (Å²) in [5, 5.41) is 0. The standard InChI is InChI=1S/C45H94Si/c1-5-9-12-15-18-21-24-27-30-33-36-39-43-46(42-8-4,44-40-37-34-31-28-25-22-19-16-13-10-6-2)45-41-38-35-32-29-26-23-20-17-14-11-7-3/h5-45H2,1-4H3. The summed E-state index contributed by atoms with van der Waals surface area (Å²) in [6.45, 7) is 9.49. The molecule has 0 bridgehead atoms. The van der Waals surface area contributed by atoms with Crippen LogP contribution in [-0.4, -0.2) is 8.07 Å². The van der Waals surface area contributed by atoms with Crippen LogP contribution in [0.1, 0.15) is 265 Å². The van der Waals surface area contributed by atoms with E-state index in [-0.39, 0.29) is 0 Å². The molecular weight excluding hydrogens is 569 g/mol. The molecule has 0 rings (SSSR count). The maximum atomic E-state index is 2.51. The average molecular weight is 663 g/mol. The van der Waals surface area contributed by atoms with Crippen LogP contribution in [0.3, 0.4) is 0 Å². The van der Waals surface area contributed by atoms with Gasteiger partial charge < -0.3 is 0 Å². The van der Waals surface area contributed by atoms with E-state index in [1.165, 1.54) is 218 Å². The normalized spacial score (nSPS) is 12.0. The second-order valence-corrected chi connectivity index (χ2v) is 21.2. The fourth-order valence-corrected chi connectivity index (χ4v) is 13.9. The first-order valence-electron chi connectivity index (χ1n) is 22.7. The monoisotopic (exact) mass is 663 g/mol. The Morgan fingerprint density at radius 2 is 0.348 bits per heavy atom. The lowest BCUT2D eigenvalue weighted by Crippen LogP contribution is -2.33. The van der Waals surface area contributed by atoms with Crippen molar-refractivity contribution in [2.45, 2.75) is 289 Å². The van der Waals surface area contributed by atoms with E-state index >= 15 is 0 Å². The van der Waals surface area contributed by atoms with Gasteiger partial charge in [0, 0.05) is 0 Å². The van der Waals surface area contributed by atoms with Crippen LogP contribution in [0.4, 0.5) is 0 Å². The highest BCUT2D eigenvalue weighted by molar-refractivity contribution is 6.79. The molecule has 0 aromatic heterocycles. The molecule has 0 fully saturated rings. The van der Waals surface area contributed by atoms with Gasteiger partial charge in [-0.2, -0.15) is 0 Å². The minimum Gasteiger partial charge on any atom is -0.0657 e. The van der Waals surface area contributed by atoms with Crippen molar-refractivity contribution in [3.8, 4) is 0 Å². The van der Waals surface area contributed by atoms with Crippen LogP contribution < -0.4 is 0 Å². The van der Waals surface area contributed by atoms with Gasteiger partial charge in [0.25, 0.3) is 0 Å². The number of unbranched alkanes of at least 4 members (excludes halogenated alkanes) is 33. The molecule has 0 aromatic rings. The van der Waals surface area contributed by atoms with Crippen molar-refractivity contribution in [3.05, 3.63) is 0 Å². The Labute approximate surface area is 296 Å². The van der Waals surface area contributed by atoms with Gasteiger partial charge in [-0.3, -0.25) is 0 Å². The lowest BCUT2D eigenvalue weighted by Gasteiger charge is -2.32. The summed E-state index contributed by atoms with van der Waals surface area (Å²) in [7, 11) is -1.09. The van der Waals surface area contributed by atoms with Crippen LogP contribution in [-0.2, 0) is 0 Å². The predicted molar refractivity (Wildman–Crippen MR) is 219 cm³/mol. The van der Waals surface area contributed by atoms with Crippen molar-refractivity contribution in [1.29, 1.82) is 0 Å². The fourth-order valence-electron chi connectivity index (χ4n) is 8.30. The van der Waals surface area contributed by atoms with E-state index < -0.39 is 8.07 Å². The molecule has 1 heteroatoms. The fraction of sp³-hybridized carbons (Fsp3) is 1.00. The zero-order chi connectivity index (χ0) is 33.5. The molecule has 0 saturated carbocycles. The number of rotatable bonds is 41. The van der Waals surface area contributed by atoms with E-state index in [9.17, 15) is 0 Å². The molecule has 0 N–H and O–H groups in total. The quantitative estimate of drug-likeness (QED) is 0.0451. The summed E-state index contributed by atoms with van der Waals surface area (Å²) in [6, 6.07) is 6.66. The van der Waals surface area contributed by atoms with Gasteiger partial charge in [0.2, 0.25) is 0 Å². The molecule has 0 saturated heterocycles. The molecule has 0 spiro atoms. The second kappa shape index (κ2) is 39.7. The van der Waals surface area contributed by atoms with Crippen LogP contribution >= 0.6 is 0 Å². The second-order valence-electron chi connectivity index (χ2n) is 16.2. The van der Waals surface area contributed by atoms with Crippen molar-refractivity contribution in [2.24, 2.45) is 0 Å². The molecule has 0 aromatic carbocycles. The lowest BCUT2D eigenvalue weighted by molar-refractivity contribution is 0.543. The van der Waals surface area contributed by atoms with Crippen molar-refractivity contribution in [3.63, 3.8) is 0 Å². The van der Waals surface area contributed by atoms with Gasteiger partial charge in [0.05, 0.1) is 8.07 Å². The zero-order valence-electron chi connectivity index (χ0n) is 33.5. The third-order valence-corrected chi connectivity index (χ3v) is 17.3. The highest BCUT2D eigenvalue weighted by atomic mass is 28.3. The van der Waals surface area contributed by atoms with Gasteiger partial charge in [-0.1, -0.05) is 289 Å². The molecule has 0 heterocycles. The Balaban J connectivity index is 4.34. The Morgan fingerprint density at radius 1 is 0.174 bits per heavy atom. The Kier molecular flexibility index (Phi) is 39.8. The van der Waals surface area contributed by atoms with Gasteiger partial charge in [0.1, 0.15) is 0 Å². The van der Waals surface area contributed by atoms with Gasteiger partial charge in [-0.15, -0.1) is 0 Å². The van der Waals surface area contributed by atoms with Crippen LogP contribution in [0.15, 0.2) is 0 Å². The van der Waals surface area contributed by atoms with Gasteiger partial charge in [0.15, 0.2) is 0 Å². The molecule has 0 aliphatic rings. The highest BCUT2D eigenvalue weighted by Gasteiger charge is 2.30. The summed E-state index contributed by atoms with van der Waals surface area (Å²) in [4.78, 5) is 0. The van der Waals surface area contributed by atoms with Crippen molar-refractivity contribution < 1.29 is 0 Å². The third kappa shape index (κ3) is 34.1. The van der Waals surface area contributed by atoms with Gasteiger partial charge >= 0.3 is 0 Å². The van der Waals surface area contributed by atoms with Gasteiger partial charge in [-0.25, -0.2) is 0 Å². The molecule has 0 unspecified atom stereocenters. The van der Waals surface area contributed by atoms with Crippen molar-refractivity contribution in [2.75, 3.05) is 0 Å². The van der Waals surface area contributed by atoms with Crippen molar-refractivity contribution in [1.82, 2.24) is 0 Å². The molecule has 0 aliphatic carbocycles. The van der Waals surface area contributed by atoms with E-state index in [0.717, 1.165) is 0 Å². The van der Waals surface area contributed by atoms with E-state index in [1.807, 2.05) is 0 Å². The van der Waals surface area contributed by atoms with E-state index in [2.05, 4.69) is 27.7 Å². The van der Waals surface area contributed by atoms with E-state index in [1.54, 1.807) is 43.4 Å². The first-order valence-corrected chi connectivity index (χ1v) is 25.6. The van der Waals surface area contributed by atoms with Crippen LogP contribution in [0, 0.1) is 0 Å². The summed E-state index contributed by atoms with van der Waals surface area (Å²) >= 11 is 0. The highest BCUT2D eigenvalue weighted by Crippen LogP contribution is 2.34. The third-order valence-electron chi connectivity index (χ3n) is 11.5. The molecule has 46 heavy (non-hydrogen) atoms. The van der Waals surface area contributed by atoms with Crippen LogP contribution in [0.5, 0.6) is 0 Å². The first kappa shape index (κ1) is 46.2. The SMILES string of the molecule is CCCCCCCCCCCCCC[Si](CCC)(CCCCCCCCCCCCCC)CCCCCCCCCCCCCC.